The Morgan fingerprint density at radius 3 is 2.09 bits per heavy atom. The molecule has 0 fully saturated rings. The Kier molecular flexibility index (Phi) is 5.80. The zero-order valence-electron chi connectivity index (χ0n) is 14.7. The Morgan fingerprint density at radius 2 is 1.57 bits per heavy atom. The lowest BCUT2D eigenvalue weighted by atomic mass is 10.2. The van der Waals surface area contributed by atoms with Crippen molar-refractivity contribution in [3.8, 4) is 5.88 Å². The highest BCUT2D eigenvalue weighted by Crippen LogP contribution is 2.42. The maximum atomic E-state index is 6.64. The van der Waals surface area contributed by atoms with Crippen molar-refractivity contribution in [1.29, 1.82) is 0 Å². The van der Waals surface area contributed by atoms with Gasteiger partial charge in [0.2, 0.25) is 0 Å². The van der Waals surface area contributed by atoms with Crippen LogP contribution in [0.2, 0.25) is 21.6 Å². The van der Waals surface area contributed by atoms with E-state index in [9.17, 15) is 0 Å². The van der Waals surface area contributed by atoms with Crippen molar-refractivity contribution in [3.63, 3.8) is 0 Å². The van der Waals surface area contributed by atoms with Gasteiger partial charge in [-0.15, -0.1) is 0 Å². The van der Waals surface area contributed by atoms with Crippen molar-refractivity contribution in [2.75, 3.05) is 0 Å². The summed E-state index contributed by atoms with van der Waals surface area (Å²) in [5, 5.41) is 2.81. The van der Waals surface area contributed by atoms with Crippen LogP contribution in [0.4, 0.5) is 0 Å². The SMILES string of the molecule is CC(C)[Si](Oc1cc2cc(Cl)cc(Br)c2cn1)(C(C)C)C(C)C. The molecule has 0 saturated carbocycles. The van der Waals surface area contributed by atoms with Crippen LogP contribution < -0.4 is 4.43 Å². The Labute approximate surface area is 153 Å². The van der Waals surface area contributed by atoms with E-state index in [1.807, 2.05) is 24.4 Å². The van der Waals surface area contributed by atoms with Gasteiger partial charge in [-0.3, -0.25) is 0 Å². The topological polar surface area (TPSA) is 22.1 Å². The van der Waals surface area contributed by atoms with E-state index < -0.39 is 8.32 Å². The molecule has 0 aliphatic rings. The third-order valence-electron chi connectivity index (χ3n) is 4.71. The first-order valence-corrected chi connectivity index (χ1v) is 11.4. The third kappa shape index (κ3) is 3.59. The summed E-state index contributed by atoms with van der Waals surface area (Å²) in [5.74, 6) is 0.717. The van der Waals surface area contributed by atoms with Crippen LogP contribution in [0.1, 0.15) is 41.5 Å². The van der Waals surface area contributed by atoms with E-state index in [0.29, 0.717) is 21.6 Å². The van der Waals surface area contributed by atoms with E-state index in [1.165, 1.54) is 0 Å². The largest absolute Gasteiger partial charge is 0.530 e. The van der Waals surface area contributed by atoms with E-state index in [0.717, 1.165) is 21.1 Å². The highest BCUT2D eigenvalue weighted by atomic mass is 79.9. The van der Waals surface area contributed by atoms with Crippen LogP contribution in [0, 0.1) is 0 Å². The molecule has 126 valence electrons. The summed E-state index contributed by atoms with van der Waals surface area (Å²) >= 11 is 9.72. The summed E-state index contributed by atoms with van der Waals surface area (Å²) < 4.78 is 7.60. The van der Waals surface area contributed by atoms with Crippen molar-refractivity contribution in [1.82, 2.24) is 4.98 Å². The number of halogens is 2. The minimum absolute atomic E-state index is 0.520. The van der Waals surface area contributed by atoms with Crippen LogP contribution in [0.15, 0.2) is 28.9 Å². The third-order valence-corrected chi connectivity index (χ3v) is 11.6. The zero-order chi connectivity index (χ0) is 17.4. The number of hydrogen-bond acceptors (Lipinski definition) is 2. The number of benzene rings is 1. The summed E-state index contributed by atoms with van der Waals surface area (Å²) in [6.07, 6.45) is 1.87. The van der Waals surface area contributed by atoms with E-state index in [4.69, 9.17) is 16.0 Å². The van der Waals surface area contributed by atoms with Crippen molar-refractivity contribution in [2.24, 2.45) is 0 Å². The number of fused-ring (bicyclic) bond motifs is 1. The number of pyridine rings is 1. The van der Waals surface area contributed by atoms with Gasteiger partial charge in [0.25, 0.3) is 8.32 Å². The molecular weight excluding hydrogens is 390 g/mol. The Hall–Kier alpha value is -0.583. The number of hydrogen-bond donors (Lipinski definition) is 0. The number of nitrogens with zero attached hydrogens (tertiary/aromatic N) is 1. The molecule has 0 aliphatic carbocycles. The van der Waals surface area contributed by atoms with Gasteiger partial charge >= 0.3 is 0 Å². The Morgan fingerprint density at radius 1 is 1.00 bits per heavy atom. The van der Waals surface area contributed by atoms with Crippen LogP contribution in [0.5, 0.6) is 5.88 Å². The van der Waals surface area contributed by atoms with Crippen LogP contribution in [-0.4, -0.2) is 13.3 Å². The lowest BCUT2D eigenvalue weighted by Crippen LogP contribution is -2.50. The molecule has 0 N–H and O–H groups in total. The smallest absolute Gasteiger partial charge is 0.260 e. The van der Waals surface area contributed by atoms with Crippen LogP contribution in [0.25, 0.3) is 10.8 Å². The normalized spacial score (nSPS) is 12.7. The first kappa shape index (κ1) is 18.8. The van der Waals surface area contributed by atoms with Crippen molar-refractivity contribution < 1.29 is 4.43 Å². The molecule has 2 aromatic rings. The average molecular weight is 415 g/mol. The predicted molar refractivity (Wildman–Crippen MR) is 106 cm³/mol. The van der Waals surface area contributed by atoms with Gasteiger partial charge in [-0.1, -0.05) is 69.1 Å². The van der Waals surface area contributed by atoms with Crippen LogP contribution in [0.3, 0.4) is 0 Å². The predicted octanol–water partition coefficient (Wildman–Crippen LogP) is 7.21. The Balaban J connectivity index is 2.51. The quantitative estimate of drug-likeness (QED) is 0.482. The fraction of sp³-hybridized carbons (Fsp3) is 0.500. The van der Waals surface area contributed by atoms with Gasteiger partial charge in [-0.25, -0.2) is 4.98 Å². The van der Waals surface area contributed by atoms with Crippen LogP contribution in [-0.2, 0) is 0 Å². The summed E-state index contributed by atoms with van der Waals surface area (Å²) in [4.78, 5) is 4.57. The fourth-order valence-electron chi connectivity index (χ4n) is 3.75. The lowest BCUT2D eigenvalue weighted by molar-refractivity contribution is 0.465. The average Bonchev–Trinajstić information content (AvgIpc) is 2.42. The van der Waals surface area contributed by atoms with Crippen molar-refractivity contribution in [2.45, 2.75) is 58.2 Å². The molecular formula is C18H25BrClNOSi. The summed E-state index contributed by atoms with van der Waals surface area (Å²) in [5.41, 5.74) is 1.56. The first-order valence-electron chi connectivity index (χ1n) is 8.12. The molecule has 5 heteroatoms. The van der Waals surface area contributed by atoms with Gasteiger partial charge in [-0.05, 0) is 34.1 Å². The highest BCUT2D eigenvalue weighted by Gasteiger charge is 2.47. The molecule has 0 atom stereocenters. The maximum absolute atomic E-state index is 6.64. The van der Waals surface area contributed by atoms with Gasteiger partial charge in [0.1, 0.15) is 0 Å². The molecule has 1 heterocycles. The molecule has 23 heavy (non-hydrogen) atoms. The van der Waals surface area contributed by atoms with Gasteiger partial charge in [0.15, 0.2) is 5.88 Å². The van der Waals surface area contributed by atoms with Gasteiger partial charge in [0.05, 0.1) is 0 Å². The first-order chi connectivity index (χ1) is 10.7. The van der Waals surface area contributed by atoms with Gasteiger partial charge in [0, 0.05) is 27.1 Å². The molecule has 0 amide bonds. The maximum Gasteiger partial charge on any atom is 0.260 e. The second kappa shape index (κ2) is 7.12. The standard InChI is InChI=1S/C18H25BrClNOSi/c1-11(2)23(12(3)4,13(5)6)22-18-8-14-7-15(20)9-17(19)16(14)10-21-18/h7-13H,1-6H3. The van der Waals surface area contributed by atoms with E-state index in [1.54, 1.807) is 0 Å². The number of rotatable bonds is 5. The van der Waals surface area contributed by atoms with Crippen molar-refractivity contribution in [3.05, 3.63) is 33.9 Å². The summed E-state index contributed by atoms with van der Waals surface area (Å²) in [6, 6.07) is 5.86. The van der Waals surface area contributed by atoms with E-state index in [2.05, 4.69) is 62.5 Å². The van der Waals surface area contributed by atoms with Crippen molar-refractivity contribution >= 4 is 46.6 Å². The number of aromatic nitrogens is 1. The fourth-order valence-corrected chi connectivity index (χ4v) is 9.87. The van der Waals surface area contributed by atoms with Gasteiger partial charge in [-0.2, -0.15) is 0 Å². The molecule has 2 nitrogen and oxygen atoms in total. The zero-order valence-corrected chi connectivity index (χ0v) is 18.0. The summed E-state index contributed by atoms with van der Waals surface area (Å²) in [6.45, 7) is 13.7. The second-order valence-corrected chi connectivity index (χ2v) is 13.7. The van der Waals surface area contributed by atoms with Crippen LogP contribution >= 0.6 is 27.5 Å². The molecule has 1 aromatic carbocycles. The molecule has 0 saturated heterocycles. The summed E-state index contributed by atoms with van der Waals surface area (Å²) in [7, 11) is -1.99. The molecule has 0 radical (unpaired) electrons. The molecule has 0 unspecified atom stereocenters. The minimum atomic E-state index is -1.99. The van der Waals surface area contributed by atoms with E-state index >= 15 is 0 Å². The molecule has 1 aromatic heterocycles. The van der Waals surface area contributed by atoms with Gasteiger partial charge < -0.3 is 4.43 Å². The molecule has 0 bridgehead atoms. The molecule has 0 aliphatic heterocycles. The van der Waals surface area contributed by atoms with E-state index in [-0.39, 0.29) is 0 Å². The molecule has 2 rings (SSSR count). The monoisotopic (exact) mass is 413 g/mol. The highest BCUT2D eigenvalue weighted by molar-refractivity contribution is 9.10. The second-order valence-electron chi connectivity index (χ2n) is 7.05. The Bertz CT molecular complexity index is 681. The molecule has 0 spiro atoms. The minimum Gasteiger partial charge on any atom is -0.530 e. The lowest BCUT2D eigenvalue weighted by Gasteiger charge is -2.41.